The molecule has 3 aliphatic rings. The zero-order valence-electron chi connectivity index (χ0n) is 19.5. The van der Waals surface area contributed by atoms with Crippen LogP contribution in [0.2, 0.25) is 0 Å². The van der Waals surface area contributed by atoms with Gasteiger partial charge in [-0.15, -0.1) is 0 Å². The van der Waals surface area contributed by atoms with Crippen LogP contribution in [0.15, 0.2) is 24.3 Å². The average molecular weight is 426 g/mol. The maximum absolute atomic E-state index is 13.8. The van der Waals surface area contributed by atoms with Gasteiger partial charge in [-0.05, 0) is 44.7 Å². The molecule has 1 aromatic rings. The van der Waals surface area contributed by atoms with Crippen molar-refractivity contribution in [1.29, 1.82) is 0 Å². The van der Waals surface area contributed by atoms with E-state index >= 15 is 0 Å². The van der Waals surface area contributed by atoms with Crippen molar-refractivity contribution in [2.75, 3.05) is 26.2 Å². The fourth-order valence-electron chi connectivity index (χ4n) is 5.64. The first kappa shape index (κ1) is 21.8. The van der Waals surface area contributed by atoms with E-state index in [9.17, 15) is 14.4 Å². The molecule has 3 amide bonds. The Morgan fingerprint density at radius 3 is 2.13 bits per heavy atom. The van der Waals surface area contributed by atoms with Gasteiger partial charge >= 0.3 is 0 Å². The molecular weight excluding hydrogens is 390 g/mol. The monoisotopic (exact) mass is 425 g/mol. The molecule has 3 aliphatic heterocycles. The van der Waals surface area contributed by atoms with Crippen LogP contribution in [0, 0.1) is 5.41 Å². The van der Waals surface area contributed by atoms with Crippen molar-refractivity contribution in [1.82, 2.24) is 14.7 Å². The van der Waals surface area contributed by atoms with E-state index in [1.54, 1.807) is 0 Å². The fraction of sp³-hybridized carbons (Fsp3) is 0.640. The Kier molecular flexibility index (Phi) is 5.39. The van der Waals surface area contributed by atoms with Crippen molar-refractivity contribution in [2.45, 2.75) is 71.4 Å². The van der Waals surface area contributed by atoms with Crippen LogP contribution in [-0.4, -0.2) is 70.2 Å². The molecule has 6 nitrogen and oxygen atoms in total. The van der Waals surface area contributed by atoms with Gasteiger partial charge in [-0.3, -0.25) is 14.4 Å². The van der Waals surface area contributed by atoms with Crippen LogP contribution in [-0.2, 0) is 9.59 Å². The normalized spacial score (nSPS) is 23.1. The summed E-state index contributed by atoms with van der Waals surface area (Å²) < 4.78 is 0. The minimum absolute atomic E-state index is 0.00820. The summed E-state index contributed by atoms with van der Waals surface area (Å²) in [6.07, 6.45) is 2.28. The van der Waals surface area contributed by atoms with E-state index in [-0.39, 0.29) is 29.7 Å². The lowest BCUT2D eigenvalue weighted by atomic mass is 9.66. The maximum Gasteiger partial charge on any atom is 0.254 e. The third-order valence-corrected chi connectivity index (χ3v) is 7.23. The second-order valence-corrected chi connectivity index (χ2v) is 10.6. The number of likely N-dealkylation sites (tertiary alicyclic amines) is 2. The first-order chi connectivity index (χ1) is 14.6. The number of hydrogen-bond acceptors (Lipinski definition) is 3. The number of hydrogen-bond donors (Lipinski definition) is 0. The molecule has 1 unspecified atom stereocenters. The zero-order chi connectivity index (χ0) is 22.6. The van der Waals surface area contributed by atoms with Gasteiger partial charge in [-0.25, -0.2) is 0 Å². The number of fused-ring (bicyclic) bond motifs is 1. The van der Waals surface area contributed by atoms with Crippen LogP contribution in [0.3, 0.4) is 0 Å². The van der Waals surface area contributed by atoms with Gasteiger partial charge in [-0.1, -0.05) is 39.0 Å². The number of piperidine rings is 1. The maximum atomic E-state index is 13.8. The van der Waals surface area contributed by atoms with Gasteiger partial charge in [0.25, 0.3) is 5.91 Å². The van der Waals surface area contributed by atoms with E-state index in [1.165, 1.54) is 0 Å². The van der Waals surface area contributed by atoms with Crippen molar-refractivity contribution in [3.05, 3.63) is 35.4 Å². The second kappa shape index (κ2) is 7.64. The van der Waals surface area contributed by atoms with Crippen LogP contribution >= 0.6 is 0 Å². The van der Waals surface area contributed by atoms with Gasteiger partial charge in [0.1, 0.15) is 0 Å². The standard InChI is InChI=1S/C25H35N3O3/c1-17(2)28-21(29)19-10-7-6-9-18(19)20(22(30)26-13-8-14-26)25(28)11-15-27(16-12-25)23(31)24(3,4)5/h6-7,9-10,17,20H,8,11-16H2,1-5H3. The molecule has 0 bridgehead atoms. The molecule has 168 valence electrons. The topological polar surface area (TPSA) is 60.9 Å². The summed E-state index contributed by atoms with van der Waals surface area (Å²) in [5.41, 5.74) is 0.469. The molecule has 1 atom stereocenters. The van der Waals surface area contributed by atoms with E-state index in [1.807, 2.05) is 73.6 Å². The van der Waals surface area contributed by atoms with Gasteiger partial charge in [0.05, 0.1) is 11.5 Å². The molecule has 1 aromatic carbocycles. The summed E-state index contributed by atoms with van der Waals surface area (Å²) in [6.45, 7) is 12.6. The lowest BCUT2D eigenvalue weighted by Crippen LogP contribution is -2.68. The van der Waals surface area contributed by atoms with E-state index < -0.39 is 11.0 Å². The molecular formula is C25H35N3O3. The smallest absolute Gasteiger partial charge is 0.254 e. The van der Waals surface area contributed by atoms with E-state index in [0.29, 0.717) is 31.5 Å². The summed E-state index contributed by atoms with van der Waals surface area (Å²) in [7, 11) is 0. The summed E-state index contributed by atoms with van der Waals surface area (Å²) in [5, 5.41) is 0. The van der Waals surface area contributed by atoms with Gasteiger partial charge in [0.2, 0.25) is 11.8 Å². The molecule has 0 saturated carbocycles. The van der Waals surface area contributed by atoms with Crippen LogP contribution in [0.1, 0.15) is 75.7 Å². The summed E-state index contributed by atoms with van der Waals surface area (Å²) in [4.78, 5) is 46.2. The summed E-state index contributed by atoms with van der Waals surface area (Å²) >= 11 is 0. The van der Waals surface area contributed by atoms with E-state index in [0.717, 1.165) is 25.1 Å². The van der Waals surface area contributed by atoms with E-state index in [2.05, 4.69) is 0 Å². The third-order valence-electron chi connectivity index (χ3n) is 7.23. The molecule has 4 rings (SSSR count). The molecule has 2 fully saturated rings. The summed E-state index contributed by atoms with van der Waals surface area (Å²) in [6, 6.07) is 7.59. The van der Waals surface area contributed by atoms with Crippen LogP contribution in [0.4, 0.5) is 0 Å². The molecule has 3 heterocycles. The Hall–Kier alpha value is -2.37. The van der Waals surface area contributed by atoms with Crippen LogP contribution in [0.25, 0.3) is 0 Å². The number of carbonyl (C=O) groups excluding carboxylic acids is 3. The predicted molar refractivity (Wildman–Crippen MR) is 120 cm³/mol. The SMILES string of the molecule is CC(C)N1C(=O)c2ccccc2C(C(=O)N2CCC2)C12CCN(C(=O)C(C)(C)C)CC2. The molecule has 0 radical (unpaired) electrons. The minimum Gasteiger partial charge on any atom is -0.342 e. The highest BCUT2D eigenvalue weighted by molar-refractivity contribution is 6.02. The van der Waals surface area contributed by atoms with Crippen molar-refractivity contribution < 1.29 is 14.4 Å². The molecule has 0 aromatic heterocycles. The minimum atomic E-state index is -0.596. The highest BCUT2D eigenvalue weighted by Gasteiger charge is 2.57. The lowest BCUT2D eigenvalue weighted by Gasteiger charge is -2.57. The number of nitrogens with zero attached hydrogens (tertiary/aromatic N) is 3. The van der Waals surface area contributed by atoms with Crippen molar-refractivity contribution >= 4 is 17.7 Å². The van der Waals surface area contributed by atoms with Crippen molar-refractivity contribution in [3.63, 3.8) is 0 Å². The van der Waals surface area contributed by atoms with Crippen LogP contribution in [0.5, 0.6) is 0 Å². The molecule has 1 spiro atoms. The lowest BCUT2D eigenvalue weighted by molar-refractivity contribution is -0.146. The fourth-order valence-corrected chi connectivity index (χ4v) is 5.64. The Morgan fingerprint density at radius 1 is 1.00 bits per heavy atom. The second-order valence-electron chi connectivity index (χ2n) is 10.6. The zero-order valence-corrected chi connectivity index (χ0v) is 19.5. The van der Waals surface area contributed by atoms with Gasteiger partial charge in [0, 0.05) is 43.2 Å². The Morgan fingerprint density at radius 2 is 1.61 bits per heavy atom. The summed E-state index contributed by atoms with van der Waals surface area (Å²) in [5.74, 6) is -0.108. The molecule has 2 saturated heterocycles. The average Bonchev–Trinajstić information content (AvgIpc) is 2.66. The molecule has 6 heteroatoms. The number of benzene rings is 1. The Bertz CT molecular complexity index is 890. The highest BCUT2D eigenvalue weighted by Crippen LogP contribution is 2.49. The molecule has 0 aliphatic carbocycles. The van der Waals surface area contributed by atoms with Crippen molar-refractivity contribution in [2.24, 2.45) is 5.41 Å². The Labute approximate surface area is 185 Å². The van der Waals surface area contributed by atoms with Gasteiger partial charge < -0.3 is 14.7 Å². The van der Waals surface area contributed by atoms with Gasteiger partial charge in [-0.2, -0.15) is 0 Å². The first-order valence-electron chi connectivity index (χ1n) is 11.6. The number of carbonyl (C=O) groups is 3. The number of rotatable bonds is 2. The molecule has 0 N–H and O–H groups in total. The predicted octanol–water partition coefficient (Wildman–Crippen LogP) is 3.27. The molecule has 31 heavy (non-hydrogen) atoms. The van der Waals surface area contributed by atoms with Crippen LogP contribution < -0.4 is 0 Å². The number of amides is 3. The largest absolute Gasteiger partial charge is 0.342 e. The third kappa shape index (κ3) is 3.44. The Balaban J connectivity index is 1.78. The quantitative estimate of drug-likeness (QED) is 0.731. The van der Waals surface area contributed by atoms with E-state index in [4.69, 9.17) is 0 Å². The van der Waals surface area contributed by atoms with Crippen molar-refractivity contribution in [3.8, 4) is 0 Å². The highest BCUT2D eigenvalue weighted by atomic mass is 16.2. The van der Waals surface area contributed by atoms with Gasteiger partial charge in [0.15, 0.2) is 0 Å². The first-order valence-corrected chi connectivity index (χ1v) is 11.6.